The van der Waals surface area contributed by atoms with Gasteiger partial charge in [0.1, 0.15) is 0 Å². The average molecular weight is 329 g/mol. The number of nitrogens with one attached hydrogen (secondary N) is 2. The molecule has 1 aromatic carbocycles. The number of anilines is 1. The van der Waals surface area contributed by atoms with E-state index in [1.807, 2.05) is 6.26 Å². The van der Waals surface area contributed by atoms with E-state index in [1.165, 1.54) is 18.2 Å². The van der Waals surface area contributed by atoms with Crippen LogP contribution in [0.1, 0.15) is 29.6 Å². The predicted octanol–water partition coefficient (Wildman–Crippen LogP) is 3.44. The molecule has 1 saturated carbocycles. The average Bonchev–Trinajstić information content (AvgIpc) is 2.85. The minimum Gasteiger partial charge on any atom is -0.478 e. The number of benzene rings is 1. The molecule has 0 aromatic heterocycles. The van der Waals surface area contributed by atoms with E-state index in [0.717, 1.165) is 19.3 Å². The number of hydrogen-bond acceptors (Lipinski definition) is 3. The van der Waals surface area contributed by atoms with Crippen LogP contribution in [0.2, 0.25) is 5.02 Å². The van der Waals surface area contributed by atoms with Gasteiger partial charge < -0.3 is 15.7 Å². The van der Waals surface area contributed by atoms with Gasteiger partial charge in [-0.2, -0.15) is 11.8 Å². The highest BCUT2D eigenvalue weighted by molar-refractivity contribution is 7.99. The van der Waals surface area contributed by atoms with E-state index in [1.54, 1.807) is 11.8 Å². The summed E-state index contributed by atoms with van der Waals surface area (Å²) in [5, 5.41) is 15.4. The van der Waals surface area contributed by atoms with Crippen LogP contribution in [0.5, 0.6) is 0 Å². The first-order valence-electron chi connectivity index (χ1n) is 6.64. The number of rotatable bonds is 4. The fourth-order valence-electron chi connectivity index (χ4n) is 2.51. The van der Waals surface area contributed by atoms with Crippen LogP contribution < -0.4 is 10.6 Å². The number of carboxylic acids is 1. The number of carbonyl (C=O) groups is 2. The van der Waals surface area contributed by atoms with Crippen LogP contribution in [0.15, 0.2) is 18.2 Å². The normalized spacial score (nSPS) is 21.0. The van der Waals surface area contributed by atoms with E-state index in [2.05, 4.69) is 10.6 Å². The molecule has 2 amide bonds. The van der Waals surface area contributed by atoms with Crippen molar-refractivity contribution in [3.8, 4) is 0 Å². The quantitative estimate of drug-likeness (QED) is 0.791. The Labute approximate surface area is 132 Å². The third-order valence-corrected chi connectivity index (χ3v) is 4.94. The first-order valence-corrected chi connectivity index (χ1v) is 8.31. The van der Waals surface area contributed by atoms with Gasteiger partial charge in [-0.15, -0.1) is 0 Å². The number of urea groups is 1. The van der Waals surface area contributed by atoms with Crippen molar-refractivity contribution in [3.63, 3.8) is 0 Å². The Morgan fingerprint density at radius 1 is 1.38 bits per heavy atom. The fraction of sp³-hybridized carbons (Fsp3) is 0.429. The summed E-state index contributed by atoms with van der Waals surface area (Å²) in [4.78, 5) is 23.2. The maximum Gasteiger partial charge on any atom is 0.337 e. The van der Waals surface area contributed by atoms with Crippen LogP contribution >= 0.6 is 23.4 Å². The molecular weight excluding hydrogens is 312 g/mol. The molecule has 1 aliphatic carbocycles. The molecule has 0 bridgehead atoms. The molecule has 2 atom stereocenters. The Morgan fingerprint density at radius 2 is 2.14 bits per heavy atom. The standard InChI is InChI=1S/C14H17ClN2O3S/c1-21-12-4-2-3-10(12)16-14(20)17-11-7-8(15)5-6-9(11)13(18)19/h5-7,10,12H,2-4H2,1H3,(H,18,19)(H2,16,17,20). The molecule has 0 aliphatic heterocycles. The van der Waals surface area contributed by atoms with Gasteiger partial charge in [-0.25, -0.2) is 9.59 Å². The van der Waals surface area contributed by atoms with Crippen molar-refractivity contribution in [3.05, 3.63) is 28.8 Å². The third-order valence-electron chi connectivity index (χ3n) is 3.53. The molecule has 21 heavy (non-hydrogen) atoms. The molecule has 0 heterocycles. The lowest BCUT2D eigenvalue weighted by molar-refractivity contribution is 0.0698. The van der Waals surface area contributed by atoms with E-state index in [9.17, 15) is 9.59 Å². The summed E-state index contributed by atoms with van der Waals surface area (Å²) in [7, 11) is 0. The molecule has 2 rings (SSSR count). The summed E-state index contributed by atoms with van der Waals surface area (Å²) in [6.07, 6.45) is 5.15. The Morgan fingerprint density at radius 3 is 2.81 bits per heavy atom. The highest BCUT2D eigenvalue weighted by atomic mass is 35.5. The van der Waals surface area contributed by atoms with Crippen molar-refractivity contribution in [1.29, 1.82) is 0 Å². The van der Waals surface area contributed by atoms with E-state index < -0.39 is 12.0 Å². The van der Waals surface area contributed by atoms with Crippen LogP contribution in [-0.2, 0) is 0 Å². The topological polar surface area (TPSA) is 78.4 Å². The monoisotopic (exact) mass is 328 g/mol. The Kier molecular flexibility index (Phi) is 5.36. The van der Waals surface area contributed by atoms with Crippen molar-refractivity contribution in [2.24, 2.45) is 0 Å². The second kappa shape index (κ2) is 7.04. The SMILES string of the molecule is CSC1CCCC1NC(=O)Nc1cc(Cl)ccc1C(=O)O. The van der Waals surface area contributed by atoms with Crippen LogP contribution in [0.4, 0.5) is 10.5 Å². The molecule has 2 unspecified atom stereocenters. The summed E-state index contributed by atoms with van der Waals surface area (Å²) < 4.78 is 0. The van der Waals surface area contributed by atoms with Crippen LogP contribution in [0.3, 0.4) is 0 Å². The zero-order valence-electron chi connectivity index (χ0n) is 11.6. The lowest BCUT2D eigenvalue weighted by Crippen LogP contribution is -2.41. The van der Waals surface area contributed by atoms with Crippen molar-refractivity contribution >= 4 is 41.1 Å². The molecule has 1 aromatic rings. The maximum atomic E-state index is 12.0. The van der Waals surface area contributed by atoms with E-state index in [-0.39, 0.29) is 17.3 Å². The third kappa shape index (κ3) is 4.04. The molecule has 0 spiro atoms. The van der Waals surface area contributed by atoms with Crippen molar-refractivity contribution in [2.75, 3.05) is 11.6 Å². The summed E-state index contributed by atoms with van der Waals surface area (Å²) >= 11 is 7.59. The molecule has 0 radical (unpaired) electrons. The zero-order valence-corrected chi connectivity index (χ0v) is 13.1. The summed E-state index contributed by atoms with van der Waals surface area (Å²) in [5.74, 6) is -1.11. The first kappa shape index (κ1) is 16.0. The van der Waals surface area contributed by atoms with Crippen molar-refractivity contribution in [1.82, 2.24) is 5.32 Å². The summed E-state index contributed by atoms with van der Waals surface area (Å²) in [6, 6.07) is 4.01. The maximum absolute atomic E-state index is 12.0. The second-order valence-corrected chi connectivity index (χ2v) is 6.42. The molecule has 3 N–H and O–H groups in total. The van der Waals surface area contributed by atoms with Gasteiger partial charge in [0, 0.05) is 16.3 Å². The lowest BCUT2D eigenvalue weighted by atomic mass is 10.2. The van der Waals surface area contributed by atoms with Gasteiger partial charge in [0.05, 0.1) is 11.3 Å². The smallest absolute Gasteiger partial charge is 0.337 e. The van der Waals surface area contributed by atoms with Crippen molar-refractivity contribution < 1.29 is 14.7 Å². The molecule has 1 fully saturated rings. The van der Waals surface area contributed by atoms with Gasteiger partial charge in [0.2, 0.25) is 0 Å². The van der Waals surface area contributed by atoms with Gasteiger partial charge in [-0.05, 0) is 37.3 Å². The van der Waals surface area contributed by atoms with Crippen LogP contribution in [-0.4, -0.2) is 34.7 Å². The van der Waals surface area contributed by atoms with Gasteiger partial charge >= 0.3 is 12.0 Å². The summed E-state index contributed by atoms with van der Waals surface area (Å²) in [6.45, 7) is 0. The lowest BCUT2D eigenvalue weighted by Gasteiger charge is -2.19. The van der Waals surface area contributed by atoms with Crippen LogP contribution in [0.25, 0.3) is 0 Å². The zero-order chi connectivity index (χ0) is 15.4. The number of carboxylic acid groups (broad SMARTS) is 1. The van der Waals surface area contributed by atoms with E-state index in [4.69, 9.17) is 16.7 Å². The van der Waals surface area contributed by atoms with E-state index in [0.29, 0.717) is 10.3 Å². The molecular formula is C14H17ClN2O3S. The van der Waals surface area contributed by atoms with E-state index >= 15 is 0 Å². The fourth-order valence-corrected chi connectivity index (χ4v) is 3.61. The summed E-state index contributed by atoms with van der Waals surface area (Å²) in [5.41, 5.74) is 0.216. The number of halogens is 1. The molecule has 5 nitrogen and oxygen atoms in total. The number of hydrogen-bond donors (Lipinski definition) is 3. The van der Waals surface area contributed by atoms with Gasteiger partial charge in [0.15, 0.2) is 0 Å². The number of thioether (sulfide) groups is 1. The number of aromatic carboxylic acids is 1. The van der Waals surface area contributed by atoms with Gasteiger partial charge in [-0.3, -0.25) is 0 Å². The number of amides is 2. The molecule has 7 heteroatoms. The number of carbonyl (C=O) groups excluding carboxylic acids is 1. The van der Waals surface area contributed by atoms with Crippen LogP contribution in [0, 0.1) is 0 Å². The predicted molar refractivity (Wildman–Crippen MR) is 85.5 cm³/mol. The second-order valence-electron chi connectivity index (χ2n) is 4.91. The van der Waals surface area contributed by atoms with Gasteiger partial charge in [0.25, 0.3) is 0 Å². The Bertz CT molecular complexity index is 553. The highest BCUT2D eigenvalue weighted by Gasteiger charge is 2.28. The minimum atomic E-state index is -1.11. The largest absolute Gasteiger partial charge is 0.478 e. The molecule has 114 valence electrons. The van der Waals surface area contributed by atoms with Crippen molar-refractivity contribution in [2.45, 2.75) is 30.6 Å². The Hall–Kier alpha value is -1.40. The molecule has 0 saturated heterocycles. The Balaban J connectivity index is 2.06. The van der Waals surface area contributed by atoms with Gasteiger partial charge in [-0.1, -0.05) is 18.0 Å². The highest BCUT2D eigenvalue weighted by Crippen LogP contribution is 2.28. The first-order chi connectivity index (χ1) is 10.0. The minimum absolute atomic E-state index is 0.0161. The molecule has 1 aliphatic rings.